The van der Waals surface area contributed by atoms with Crippen LogP contribution in [0.1, 0.15) is 26.2 Å². The molecule has 1 fully saturated rings. The Kier molecular flexibility index (Phi) is 5.86. The van der Waals surface area contributed by atoms with E-state index in [0.29, 0.717) is 13.0 Å². The molecule has 1 amide bonds. The summed E-state index contributed by atoms with van der Waals surface area (Å²) in [5.41, 5.74) is 3.62. The predicted molar refractivity (Wildman–Crippen MR) is 128 cm³/mol. The SMILES string of the molecule is CC[C@@H](Sc1nc2ccc(Br)cc2c2nc3ccccc3n12)C(=O)NC[C@@H]1CCCO1. The Morgan fingerprint density at radius 2 is 2.16 bits per heavy atom. The first-order valence-electron chi connectivity index (χ1n) is 10.6. The van der Waals surface area contributed by atoms with Crippen LogP contribution in [0.4, 0.5) is 0 Å². The van der Waals surface area contributed by atoms with E-state index in [1.54, 1.807) is 0 Å². The van der Waals surface area contributed by atoms with Gasteiger partial charge in [0.1, 0.15) is 5.65 Å². The monoisotopic (exact) mass is 498 g/mol. The van der Waals surface area contributed by atoms with Crippen LogP contribution in [0, 0.1) is 0 Å². The van der Waals surface area contributed by atoms with Gasteiger partial charge in [0.25, 0.3) is 0 Å². The number of para-hydroxylation sites is 2. The maximum atomic E-state index is 12.9. The van der Waals surface area contributed by atoms with Gasteiger partial charge >= 0.3 is 0 Å². The molecule has 4 aromatic rings. The van der Waals surface area contributed by atoms with Crippen molar-refractivity contribution in [3.8, 4) is 0 Å². The number of nitrogens with one attached hydrogen (secondary N) is 1. The van der Waals surface area contributed by atoms with Crippen LogP contribution < -0.4 is 5.32 Å². The summed E-state index contributed by atoms with van der Waals surface area (Å²) < 4.78 is 8.69. The Morgan fingerprint density at radius 3 is 2.97 bits per heavy atom. The molecule has 1 N–H and O–H groups in total. The zero-order valence-corrected chi connectivity index (χ0v) is 19.6. The van der Waals surface area contributed by atoms with Gasteiger partial charge < -0.3 is 10.1 Å². The summed E-state index contributed by atoms with van der Waals surface area (Å²) >= 11 is 5.06. The Balaban J connectivity index is 1.54. The molecule has 0 aliphatic carbocycles. The first kappa shape index (κ1) is 20.7. The van der Waals surface area contributed by atoms with E-state index in [0.717, 1.165) is 56.7 Å². The predicted octanol–water partition coefficient (Wildman–Crippen LogP) is 4.96. The molecular formula is C23H23BrN4O2S. The zero-order chi connectivity index (χ0) is 21.4. The lowest BCUT2D eigenvalue weighted by Crippen LogP contribution is -2.37. The third-order valence-corrected chi connectivity index (χ3v) is 7.42. The molecule has 1 aliphatic rings. The molecule has 6 nitrogen and oxygen atoms in total. The van der Waals surface area contributed by atoms with Gasteiger partial charge in [-0.25, -0.2) is 9.97 Å². The molecule has 2 aromatic heterocycles. The van der Waals surface area contributed by atoms with Gasteiger partial charge in [0.05, 0.1) is 27.9 Å². The minimum Gasteiger partial charge on any atom is -0.376 e. The molecule has 0 bridgehead atoms. The van der Waals surface area contributed by atoms with Gasteiger partial charge in [-0.3, -0.25) is 9.20 Å². The summed E-state index contributed by atoms with van der Waals surface area (Å²) in [6.07, 6.45) is 2.91. The molecule has 0 unspecified atom stereocenters. The fourth-order valence-corrected chi connectivity index (χ4v) is 5.41. The summed E-state index contributed by atoms with van der Waals surface area (Å²) in [4.78, 5) is 22.8. The van der Waals surface area contributed by atoms with Gasteiger partial charge in [-0.1, -0.05) is 46.7 Å². The van der Waals surface area contributed by atoms with Gasteiger partial charge in [-0.2, -0.15) is 0 Å². The van der Waals surface area contributed by atoms with E-state index in [4.69, 9.17) is 14.7 Å². The highest BCUT2D eigenvalue weighted by Crippen LogP contribution is 2.32. The van der Waals surface area contributed by atoms with Crippen LogP contribution in [-0.4, -0.2) is 44.8 Å². The molecule has 0 saturated carbocycles. The second-order valence-corrected chi connectivity index (χ2v) is 9.80. The Morgan fingerprint density at radius 1 is 1.29 bits per heavy atom. The minimum absolute atomic E-state index is 0.0262. The van der Waals surface area contributed by atoms with E-state index < -0.39 is 0 Å². The maximum absolute atomic E-state index is 12.9. The number of hydrogen-bond donors (Lipinski definition) is 1. The van der Waals surface area contributed by atoms with Gasteiger partial charge in [-0.05, 0) is 49.6 Å². The van der Waals surface area contributed by atoms with Gasteiger partial charge in [0, 0.05) is 23.0 Å². The molecule has 5 rings (SSSR count). The van der Waals surface area contributed by atoms with E-state index in [2.05, 4.69) is 25.6 Å². The third-order valence-electron chi connectivity index (χ3n) is 5.61. The Hall–Kier alpha value is -2.16. The molecule has 2 atom stereocenters. The number of amides is 1. The number of rotatable bonds is 6. The summed E-state index contributed by atoms with van der Waals surface area (Å²) in [6.45, 7) is 3.39. The average molecular weight is 499 g/mol. The van der Waals surface area contributed by atoms with Gasteiger partial charge in [0.15, 0.2) is 5.16 Å². The fraction of sp³-hybridized carbons (Fsp3) is 0.348. The Bertz CT molecular complexity index is 1270. The molecule has 160 valence electrons. The first-order chi connectivity index (χ1) is 15.1. The van der Waals surface area contributed by atoms with Crippen LogP contribution >= 0.6 is 27.7 Å². The molecule has 2 aromatic carbocycles. The fourth-order valence-electron chi connectivity index (χ4n) is 4.00. The van der Waals surface area contributed by atoms with E-state index in [1.165, 1.54) is 11.8 Å². The second kappa shape index (κ2) is 8.76. The van der Waals surface area contributed by atoms with Gasteiger partial charge in [-0.15, -0.1) is 0 Å². The number of halogens is 1. The molecular weight excluding hydrogens is 476 g/mol. The number of fused-ring (bicyclic) bond motifs is 5. The highest BCUT2D eigenvalue weighted by molar-refractivity contribution is 9.10. The maximum Gasteiger partial charge on any atom is 0.233 e. The van der Waals surface area contributed by atoms with Crippen LogP contribution in [0.15, 0.2) is 52.1 Å². The van der Waals surface area contributed by atoms with Crippen LogP contribution in [0.2, 0.25) is 0 Å². The quantitative estimate of drug-likeness (QED) is 0.300. The van der Waals surface area contributed by atoms with E-state index >= 15 is 0 Å². The van der Waals surface area contributed by atoms with Crippen molar-refractivity contribution in [1.29, 1.82) is 0 Å². The summed E-state index contributed by atoms with van der Waals surface area (Å²) in [5.74, 6) is 0.0262. The molecule has 0 radical (unpaired) electrons. The highest BCUT2D eigenvalue weighted by Gasteiger charge is 2.24. The summed E-state index contributed by atoms with van der Waals surface area (Å²) in [5, 5.41) is 4.58. The van der Waals surface area contributed by atoms with Crippen LogP contribution in [-0.2, 0) is 9.53 Å². The molecule has 1 saturated heterocycles. The molecule has 0 spiro atoms. The van der Waals surface area contributed by atoms with E-state index in [-0.39, 0.29) is 17.3 Å². The third kappa shape index (κ3) is 4.04. The number of carbonyl (C=O) groups is 1. The van der Waals surface area contributed by atoms with Crippen LogP contribution in [0.5, 0.6) is 0 Å². The summed E-state index contributed by atoms with van der Waals surface area (Å²) in [7, 11) is 0. The largest absolute Gasteiger partial charge is 0.376 e. The van der Waals surface area contributed by atoms with Crippen molar-refractivity contribution in [2.75, 3.05) is 13.2 Å². The summed E-state index contributed by atoms with van der Waals surface area (Å²) in [6, 6.07) is 14.1. The normalized spacial score (nSPS) is 17.5. The average Bonchev–Trinajstić information content (AvgIpc) is 3.44. The highest BCUT2D eigenvalue weighted by atomic mass is 79.9. The number of ether oxygens (including phenoxy) is 1. The van der Waals surface area contributed by atoms with Crippen LogP contribution in [0.25, 0.3) is 27.6 Å². The number of imidazole rings is 1. The number of aromatic nitrogens is 3. The number of carbonyl (C=O) groups excluding carboxylic acids is 1. The van der Waals surface area contributed by atoms with Crippen molar-refractivity contribution < 1.29 is 9.53 Å². The number of thioether (sulfide) groups is 1. The minimum atomic E-state index is -0.244. The number of nitrogens with zero attached hydrogens (tertiary/aromatic N) is 3. The van der Waals surface area contributed by atoms with Crippen molar-refractivity contribution in [1.82, 2.24) is 19.7 Å². The lowest BCUT2D eigenvalue weighted by atomic mass is 10.2. The first-order valence-corrected chi connectivity index (χ1v) is 12.2. The van der Waals surface area contributed by atoms with Crippen LogP contribution in [0.3, 0.4) is 0 Å². The lowest BCUT2D eigenvalue weighted by molar-refractivity contribution is -0.121. The lowest BCUT2D eigenvalue weighted by Gasteiger charge is -2.17. The standard InChI is InChI=1S/C23H23BrN4O2S/c1-2-20(22(29)25-13-15-6-5-11-30-15)31-23-27-17-10-9-14(24)12-16(17)21-26-18-7-3-4-8-19(18)28(21)23/h3-4,7-10,12,15,20H,2,5-6,11,13H2,1H3,(H,25,29)/t15-,20+/m0/s1. The number of benzene rings is 2. The second-order valence-electron chi connectivity index (χ2n) is 7.71. The van der Waals surface area contributed by atoms with E-state index in [1.807, 2.05) is 49.4 Å². The van der Waals surface area contributed by atoms with E-state index in [9.17, 15) is 4.79 Å². The molecule has 31 heavy (non-hydrogen) atoms. The van der Waals surface area contributed by atoms with Gasteiger partial charge in [0.2, 0.25) is 5.91 Å². The van der Waals surface area contributed by atoms with Crippen molar-refractivity contribution in [3.05, 3.63) is 46.9 Å². The molecule has 1 aliphatic heterocycles. The Labute approximate surface area is 192 Å². The number of hydrogen-bond acceptors (Lipinski definition) is 5. The van der Waals surface area contributed by atoms with Crippen molar-refractivity contribution >= 4 is 61.2 Å². The van der Waals surface area contributed by atoms with Crippen molar-refractivity contribution in [3.63, 3.8) is 0 Å². The van der Waals surface area contributed by atoms with Crippen molar-refractivity contribution in [2.45, 2.75) is 42.7 Å². The molecule has 3 heterocycles. The zero-order valence-electron chi connectivity index (χ0n) is 17.2. The molecule has 8 heteroatoms. The topological polar surface area (TPSA) is 68.5 Å². The van der Waals surface area contributed by atoms with Crippen molar-refractivity contribution in [2.24, 2.45) is 0 Å². The smallest absolute Gasteiger partial charge is 0.233 e.